The lowest BCUT2D eigenvalue weighted by Crippen LogP contribution is -2.04. The van der Waals surface area contributed by atoms with Crippen LogP contribution in [0.5, 0.6) is 17.5 Å². The molecule has 0 bridgehead atoms. The molecule has 0 spiro atoms. The summed E-state index contributed by atoms with van der Waals surface area (Å²) in [5.41, 5.74) is 6.23. The topological polar surface area (TPSA) is 70.3 Å². The standard InChI is InChI=1S/C13H14BrN3O2/c1-2-6-18-12-11(15)13(17-8-16-12)19-10-5-3-4-9(14)7-10/h3-5,7-8H,2,6,15H2,1H3. The maximum atomic E-state index is 5.92. The number of nitrogens with zero attached hydrogens (tertiary/aromatic N) is 2. The van der Waals surface area contributed by atoms with Crippen LogP contribution in [0.15, 0.2) is 35.1 Å². The second-order valence-electron chi connectivity index (χ2n) is 3.81. The molecule has 0 aliphatic heterocycles. The Morgan fingerprint density at radius 3 is 2.79 bits per heavy atom. The van der Waals surface area contributed by atoms with Crippen molar-refractivity contribution in [2.45, 2.75) is 13.3 Å². The summed E-state index contributed by atoms with van der Waals surface area (Å²) in [4.78, 5) is 8.01. The van der Waals surface area contributed by atoms with Crippen molar-refractivity contribution in [2.24, 2.45) is 0 Å². The second-order valence-corrected chi connectivity index (χ2v) is 4.72. The monoisotopic (exact) mass is 323 g/mol. The molecule has 5 nitrogen and oxygen atoms in total. The molecule has 0 amide bonds. The van der Waals surface area contributed by atoms with Crippen molar-refractivity contribution in [3.05, 3.63) is 35.1 Å². The highest BCUT2D eigenvalue weighted by molar-refractivity contribution is 9.10. The van der Waals surface area contributed by atoms with Crippen LogP contribution in [0.1, 0.15) is 13.3 Å². The van der Waals surface area contributed by atoms with Crippen molar-refractivity contribution in [3.8, 4) is 17.5 Å². The van der Waals surface area contributed by atoms with Gasteiger partial charge in [-0.2, -0.15) is 9.97 Å². The summed E-state index contributed by atoms with van der Waals surface area (Å²) < 4.78 is 12.0. The predicted octanol–water partition coefficient (Wildman–Crippen LogP) is 3.40. The molecule has 0 aliphatic carbocycles. The third-order valence-electron chi connectivity index (χ3n) is 2.26. The maximum absolute atomic E-state index is 5.92. The van der Waals surface area contributed by atoms with Gasteiger partial charge in [0.15, 0.2) is 5.69 Å². The van der Waals surface area contributed by atoms with Crippen LogP contribution >= 0.6 is 15.9 Å². The van der Waals surface area contributed by atoms with Gasteiger partial charge in [0, 0.05) is 4.47 Å². The lowest BCUT2D eigenvalue weighted by atomic mass is 10.3. The Kier molecular flexibility index (Phi) is 4.57. The number of hydrogen-bond acceptors (Lipinski definition) is 5. The molecule has 0 atom stereocenters. The molecule has 0 saturated heterocycles. The van der Waals surface area contributed by atoms with Gasteiger partial charge in [0.05, 0.1) is 6.61 Å². The van der Waals surface area contributed by atoms with E-state index in [4.69, 9.17) is 15.2 Å². The van der Waals surface area contributed by atoms with Gasteiger partial charge in [-0.15, -0.1) is 0 Å². The number of nitrogens with two attached hydrogens (primary N) is 1. The number of anilines is 1. The minimum atomic E-state index is 0.291. The minimum Gasteiger partial charge on any atom is -0.476 e. The van der Waals surface area contributed by atoms with Gasteiger partial charge in [-0.25, -0.2) is 0 Å². The van der Waals surface area contributed by atoms with E-state index in [0.29, 0.717) is 29.8 Å². The van der Waals surface area contributed by atoms with Crippen LogP contribution in [-0.4, -0.2) is 16.6 Å². The number of ether oxygens (including phenoxy) is 2. The van der Waals surface area contributed by atoms with Crippen molar-refractivity contribution in [3.63, 3.8) is 0 Å². The lowest BCUT2D eigenvalue weighted by Gasteiger charge is -2.10. The quantitative estimate of drug-likeness (QED) is 0.913. The van der Waals surface area contributed by atoms with Gasteiger partial charge in [0.2, 0.25) is 11.8 Å². The molecule has 6 heteroatoms. The van der Waals surface area contributed by atoms with Crippen molar-refractivity contribution in [1.29, 1.82) is 0 Å². The van der Waals surface area contributed by atoms with Crippen molar-refractivity contribution in [1.82, 2.24) is 9.97 Å². The smallest absolute Gasteiger partial charge is 0.249 e. The van der Waals surface area contributed by atoms with E-state index in [1.807, 2.05) is 31.2 Å². The molecular weight excluding hydrogens is 310 g/mol. The van der Waals surface area contributed by atoms with Gasteiger partial charge in [-0.05, 0) is 24.6 Å². The fraction of sp³-hybridized carbons (Fsp3) is 0.231. The normalized spacial score (nSPS) is 10.2. The minimum absolute atomic E-state index is 0.291. The van der Waals surface area contributed by atoms with Crippen LogP contribution in [0.25, 0.3) is 0 Å². The average Bonchev–Trinajstić information content (AvgIpc) is 2.40. The van der Waals surface area contributed by atoms with E-state index in [0.717, 1.165) is 10.9 Å². The Morgan fingerprint density at radius 2 is 2.05 bits per heavy atom. The molecule has 0 fully saturated rings. The third-order valence-corrected chi connectivity index (χ3v) is 2.76. The Bertz CT molecular complexity index is 563. The summed E-state index contributed by atoms with van der Waals surface area (Å²) in [6, 6.07) is 7.42. The largest absolute Gasteiger partial charge is 0.476 e. The maximum Gasteiger partial charge on any atom is 0.249 e. The zero-order valence-electron chi connectivity index (χ0n) is 10.5. The number of nitrogen functional groups attached to an aromatic ring is 1. The zero-order valence-corrected chi connectivity index (χ0v) is 12.1. The van der Waals surface area contributed by atoms with Gasteiger partial charge in [0.25, 0.3) is 0 Å². The molecular formula is C13H14BrN3O2. The SMILES string of the molecule is CCCOc1ncnc(Oc2cccc(Br)c2)c1N. The van der Waals surface area contributed by atoms with Crippen molar-refractivity contribution >= 4 is 21.6 Å². The van der Waals surface area contributed by atoms with E-state index in [1.165, 1.54) is 6.33 Å². The average molecular weight is 324 g/mol. The van der Waals surface area contributed by atoms with E-state index in [2.05, 4.69) is 25.9 Å². The van der Waals surface area contributed by atoms with Crippen LogP contribution in [0.3, 0.4) is 0 Å². The van der Waals surface area contributed by atoms with E-state index in [9.17, 15) is 0 Å². The summed E-state index contributed by atoms with van der Waals surface area (Å²) in [7, 11) is 0. The van der Waals surface area contributed by atoms with Crippen LogP contribution in [0.2, 0.25) is 0 Å². The molecule has 2 rings (SSSR count). The molecule has 0 radical (unpaired) electrons. The Labute approximate surface area is 119 Å². The van der Waals surface area contributed by atoms with E-state index >= 15 is 0 Å². The first-order valence-corrected chi connectivity index (χ1v) is 6.66. The molecule has 1 aromatic carbocycles. The number of rotatable bonds is 5. The van der Waals surface area contributed by atoms with Gasteiger partial charge >= 0.3 is 0 Å². The van der Waals surface area contributed by atoms with E-state index in [-0.39, 0.29) is 0 Å². The fourth-order valence-corrected chi connectivity index (χ4v) is 1.78. The fourth-order valence-electron chi connectivity index (χ4n) is 1.40. The Morgan fingerprint density at radius 1 is 1.26 bits per heavy atom. The van der Waals surface area contributed by atoms with Crippen LogP contribution < -0.4 is 15.2 Å². The Balaban J connectivity index is 2.20. The highest BCUT2D eigenvalue weighted by Crippen LogP contribution is 2.31. The van der Waals surface area contributed by atoms with E-state index < -0.39 is 0 Å². The first kappa shape index (κ1) is 13.6. The third kappa shape index (κ3) is 3.57. The molecule has 2 N–H and O–H groups in total. The van der Waals surface area contributed by atoms with Crippen molar-refractivity contribution < 1.29 is 9.47 Å². The summed E-state index contributed by atoms with van der Waals surface area (Å²) in [5.74, 6) is 1.28. The highest BCUT2D eigenvalue weighted by atomic mass is 79.9. The van der Waals surface area contributed by atoms with Gasteiger partial charge in [-0.3, -0.25) is 0 Å². The summed E-state index contributed by atoms with van der Waals surface area (Å²) in [6.45, 7) is 2.56. The molecule has 0 saturated carbocycles. The second kappa shape index (κ2) is 6.38. The molecule has 19 heavy (non-hydrogen) atoms. The number of halogens is 1. The molecule has 1 aromatic heterocycles. The molecule has 0 unspecified atom stereocenters. The predicted molar refractivity (Wildman–Crippen MR) is 76.4 cm³/mol. The van der Waals surface area contributed by atoms with Gasteiger partial charge < -0.3 is 15.2 Å². The number of benzene rings is 1. The molecule has 100 valence electrons. The summed E-state index contributed by atoms with van der Waals surface area (Å²) >= 11 is 3.37. The van der Waals surface area contributed by atoms with E-state index in [1.54, 1.807) is 0 Å². The number of hydrogen-bond donors (Lipinski definition) is 1. The summed E-state index contributed by atoms with van der Waals surface area (Å²) in [6.07, 6.45) is 2.25. The van der Waals surface area contributed by atoms with Crippen LogP contribution in [0, 0.1) is 0 Å². The Hall–Kier alpha value is -1.82. The molecule has 0 aliphatic rings. The summed E-state index contributed by atoms with van der Waals surface area (Å²) in [5, 5.41) is 0. The van der Waals surface area contributed by atoms with Gasteiger partial charge in [0.1, 0.15) is 12.1 Å². The first-order valence-electron chi connectivity index (χ1n) is 5.87. The van der Waals surface area contributed by atoms with Crippen LogP contribution in [-0.2, 0) is 0 Å². The molecule has 2 aromatic rings. The zero-order chi connectivity index (χ0) is 13.7. The molecule has 1 heterocycles. The lowest BCUT2D eigenvalue weighted by molar-refractivity contribution is 0.304. The first-order chi connectivity index (χ1) is 9.20. The highest BCUT2D eigenvalue weighted by Gasteiger charge is 2.11. The van der Waals surface area contributed by atoms with Gasteiger partial charge in [-0.1, -0.05) is 28.9 Å². The number of aromatic nitrogens is 2. The van der Waals surface area contributed by atoms with Crippen molar-refractivity contribution in [2.75, 3.05) is 12.3 Å². The van der Waals surface area contributed by atoms with Crippen LogP contribution in [0.4, 0.5) is 5.69 Å².